The van der Waals surface area contributed by atoms with E-state index in [-0.39, 0.29) is 12.5 Å². The molecule has 4 heteroatoms. The Bertz CT molecular complexity index is 163. The maximum atomic E-state index is 11.5. The molecule has 0 aromatic rings. The van der Waals surface area contributed by atoms with Gasteiger partial charge in [-0.15, -0.1) is 0 Å². The summed E-state index contributed by atoms with van der Waals surface area (Å²) in [5.74, 6) is 0.146. The first-order valence-corrected chi connectivity index (χ1v) is 5.78. The number of nitrogens with zero attached hydrogens (tertiary/aromatic N) is 1. The number of hydrogen-bond donors (Lipinski definition) is 2. The number of likely N-dealkylation sites (N-methyl/N-ethyl adjacent to an activating group) is 1. The van der Waals surface area contributed by atoms with Crippen molar-refractivity contribution in [3.05, 3.63) is 0 Å². The lowest BCUT2D eigenvalue weighted by Gasteiger charge is -2.17. The van der Waals surface area contributed by atoms with Crippen LogP contribution in [0.1, 0.15) is 32.6 Å². The minimum atomic E-state index is 0.146. The smallest absolute Gasteiger partial charge is 0.236 e. The predicted octanol–water partition coefficient (Wildman–Crippen LogP) is 0.607. The molecule has 1 amide bonds. The molecule has 0 fully saturated rings. The molecule has 2 N–H and O–H groups in total. The summed E-state index contributed by atoms with van der Waals surface area (Å²) in [5, 5.41) is 11.7. The van der Waals surface area contributed by atoms with Gasteiger partial charge in [-0.1, -0.05) is 6.92 Å². The fraction of sp³-hybridized carbons (Fsp3) is 0.909. The first kappa shape index (κ1) is 14.4. The van der Waals surface area contributed by atoms with E-state index in [1.165, 1.54) is 0 Å². The minimum Gasteiger partial charge on any atom is -0.396 e. The van der Waals surface area contributed by atoms with Crippen LogP contribution in [0.3, 0.4) is 0 Å². The Hall–Kier alpha value is -0.610. The Labute approximate surface area is 92.7 Å². The van der Waals surface area contributed by atoms with Gasteiger partial charge in [0.2, 0.25) is 5.91 Å². The molecule has 0 unspecified atom stereocenters. The zero-order valence-electron chi connectivity index (χ0n) is 9.96. The molecule has 0 bridgehead atoms. The summed E-state index contributed by atoms with van der Waals surface area (Å²) in [7, 11) is 1.83. The molecule has 0 aliphatic rings. The zero-order chi connectivity index (χ0) is 11.5. The zero-order valence-corrected chi connectivity index (χ0v) is 9.96. The largest absolute Gasteiger partial charge is 0.396 e. The van der Waals surface area contributed by atoms with Crippen LogP contribution >= 0.6 is 0 Å². The van der Waals surface area contributed by atoms with Crippen molar-refractivity contribution in [2.75, 3.05) is 33.3 Å². The molecular formula is C11H24N2O2. The van der Waals surface area contributed by atoms with Crippen molar-refractivity contribution in [2.45, 2.75) is 32.6 Å². The average molecular weight is 216 g/mol. The predicted molar refractivity (Wildman–Crippen MR) is 61.7 cm³/mol. The van der Waals surface area contributed by atoms with Gasteiger partial charge < -0.3 is 15.3 Å². The van der Waals surface area contributed by atoms with Crippen molar-refractivity contribution in [2.24, 2.45) is 0 Å². The van der Waals surface area contributed by atoms with E-state index in [0.717, 1.165) is 38.8 Å². The maximum absolute atomic E-state index is 11.5. The Balaban J connectivity index is 3.42. The lowest BCUT2D eigenvalue weighted by molar-refractivity contribution is -0.129. The van der Waals surface area contributed by atoms with Crippen molar-refractivity contribution in [1.29, 1.82) is 0 Å². The van der Waals surface area contributed by atoms with Gasteiger partial charge in [0, 0.05) is 20.2 Å². The van der Waals surface area contributed by atoms with Gasteiger partial charge in [-0.05, 0) is 32.2 Å². The molecule has 90 valence electrons. The summed E-state index contributed by atoms with van der Waals surface area (Å²) in [4.78, 5) is 13.2. The first-order valence-electron chi connectivity index (χ1n) is 5.78. The molecule has 0 heterocycles. The van der Waals surface area contributed by atoms with Crippen molar-refractivity contribution in [3.63, 3.8) is 0 Å². The van der Waals surface area contributed by atoms with Crippen LogP contribution < -0.4 is 5.32 Å². The van der Waals surface area contributed by atoms with E-state index >= 15 is 0 Å². The van der Waals surface area contributed by atoms with Crippen LogP contribution in [0.4, 0.5) is 0 Å². The topological polar surface area (TPSA) is 52.6 Å². The van der Waals surface area contributed by atoms with Gasteiger partial charge in [0.1, 0.15) is 0 Å². The number of carbonyl (C=O) groups excluding carboxylic acids is 1. The Morgan fingerprint density at radius 2 is 2.07 bits per heavy atom. The van der Waals surface area contributed by atoms with Gasteiger partial charge in [-0.25, -0.2) is 0 Å². The monoisotopic (exact) mass is 216 g/mol. The van der Waals surface area contributed by atoms with E-state index in [1.54, 1.807) is 4.90 Å². The summed E-state index contributed by atoms with van der Waals surface area (Å²) in [5.41, 5.74) is 0. The molecule has 0 spiro atoms. The molecule has 0 aliphatic heterocycles. The highest BCUT2D eigenvalue weighted by atomic mass is 16.2. The number of rotatable bonds is 9. The van der Waals surface area contributed by atoms with Gasteiger partial charge in [0.25, 0.3) is 0 Å². The Kier molecular flexibility index (Phi) is 9.52. The number of hydrogen-bond acceptors (Lipinski definition) is 3. The third-order valence-electron chi connectivity index (χ3n) is 2.28. The van der Waals surface area contributed by atoms with Crippen molar-refractivity contribution >= 4 is 5.91 Å². The molecule has 0 aliphatic carbocycles. The molecular weight excluding hydrogens is 192 g/mol. The van der Waals surface area contributed by atoms with Crippen LogP contribution in [0, 0.1) is 0 Å². The van der Waals surface area contributed by atoms with Crippen LogP contribution in [0.2, 0.25) is 0 Å². The highest BCUT2D eigenvalue weighted by Crippen LogP contribution is 1.96. The van der Waals surface area contributed by atoms with Crippen LogP contribution in [0.25, 0.3) is 0 Å². The van der Waals surface area contributed by atoms with Gasteiger partial charge >= 0.3 is 0 Å². The van der Waals surface area contributed by atoms with E-state index in [9.17, 15) is 4.79 Å². The van der Waals surface area contributed by atoms with Gasteiger partial charge in [-0.3, -0.25) is 4.79 Å². The van der Waals surface area contributed by atoms with Crippen LogP contribution in [-0.2, 0) is 4.79 Å². The molecule has 15 heavy (non-hydrogen) atoms. The van der Waals surface area contributed by atoms with Gasteiger partial charge in [0.15, 0.2) is 0 Å². The molecule has 4 nitrogen and oxygen atoms in total. The quantitative estimate of drug-likeness (QED) is 0.555. The second-order valence-corrected chi connectivity index (χ2v) is 3.78. The minimum absolute atomic E-state index is 0.146. The molecule has 0 aromatic carbocycles. The normalized spacial score (nSPS) is 10.3. The van der Waals surface area contributed by atoms with E-state index < -0.39 is 0 Å². The van der Waals surface area contributed by atoms with Crippen LogP contribution in [0.15, 0.2) is 0 Å². The Morgan fingerprint density at radius 1 is 1.33 bits per heavy atom. The van der Waals surface area contributed by atoms with Gasteiger partial charge in [0.05, 0.1) is 6.54 Å². The summed E-state index contributed by atoms with van der Waals surface area (Å²) in [6.07, 6.45) is 3.83. The van der Waals surface area contributed by atoms with Crippen molar-refractivity contribution in [3.8, 4) is 0 Å². The van der Waals surface area contributed by atoms with Crippen LogP contribution in [0.5, 0.6) is 0 Å². The summed E-state index contributed by atoms with van der Waals surface area (Å²) in [6, 6.07) is 0. The second-order valence-electron chi connectivity index (χ2n) is 3.78. The SMILES string of the molecule is CCCNCC(=O)N(C)CCCCCO. The fourth-order valence-corrected chi connectivity index (χ4v) is 1.27. The number of nitrogens with one attached hydrogen (secondary N) is 1. The van der Waals surface area contributed by atoms with Crippen molar-refractivity contribution in [1.82, 2.24) is 10.2 Å². The van der Waals surface area contributed by atoms with E-state index in [1.807, 2.05) is 7.05 Å². The van der Waals surface area contributed by atoms with E-state index in [0.29, 0.717) is 6.54 Å². The molecule has 0 saturated heterocycles. The molecule has 0 radical (unpaired) electrons. The number of aliphatic hydroxyl groups is 1. The molecule has 0 rings (SSSR count). The molecule has 0 atom stereocenters. The number of amides is 1. The van der Waals surface area contributed by atoms with E-state index in [2.05, 4.69) is 12.2 Å². The number of carbonyl (C=O) groups is 1. The molecule has 0 aromatic heterocycles. The van der Waals surface area contributed by atoms with Crippen LogP contribution in [-0.4, -0.2) is 49.2 Å². The van der Waals surface area contributed by atoms with Crippen molar-refractivity contribution < 1.29 is 9.90 Å². The Morgan fingerprint density at radius 3 is 2.67 bits per heavy atom. The summed E-state index contributed by atoms with van der Waals surface area (Å²) >= 11 is 0. The third-order valence-corrected chi connectivity index (χ3v) is 2.28. The molecule has 0 saturated carbocycles. The summed E-state index contributed by atoms with van der Waals surface area (Å²) in [6.45, 7) is 4.44. The lowest BCUT2D eigenvalue weighted by Crippen LogP contribution is -2.36. The number of unbranched alkanes of at least 4 members (excludes halogenated alkanes) is 2. The summed E-state index contributed by atoms with van der Waals surface area (Å²) < 4.78 is 0. The third kappa shape index (κ3) is 8.39. The lowest BCUT2D eigenvalue weighted by atomic mass is 10.2. The number of aliphatic hydroxyl groups excluding tert-OH is 1. The first-order chi connectivity index (χ1) is 7.22. The average Bonchev–Trinajstić information content (AvgIpc) is 2.24. The highest BCUT2D eigenvalue weighted by molar-refractivity contribution is 5.77. The van der Waals surface area contributed by atoms with E-state index in [4.69, 9.17) is 5.11 Å². The maximum Gasteiger partial charge on any atom is 0.236 e. The fourth-order valence-electron chi connectivity index (χ4n) is 1.27. The second kappa shape index (κ2) is 9.93. The standard InChI is InChI=1S/C11H24N2O2/c1-3-7-12-10-11(15)13(2)8-5-4-6-9-14/h12,14H,3-10H2,1-2H3. The van der Waals surface area contributed by atoms with Gasteiger partial charge in [-0.2, -0.15) is 0 Å². The highest BCUT2D eigenvalue weighted by Gasteiger charge is 2.06.